The summed E-state index contributed by atoms with van der Waals surface area (Å²) in [5.41, 5.74) is 0.701. The van der Waals surface area contributed by atoms with E-state index in [1.807, 2.05) is 13.8 Å². The van der Waals surface area contributed by atoms with Gasteiger partial charge in [-0.2, -0.15) is 0 Å². The second-order valence-electron chi connectivity index (χ2n) is 5.78. The van der Waals surface area contributed by atoms with Crippen LogP contribution in [-0.2, 0) is 14.8 Å². The van der Waals surface area contributed by atoms with Gasteiger partial charge in [0, 0.05) is 19.1 Å². The molecule has 0 spiro atoms. The Bertz CT molecular complexity index is 629. The summed E-state index contributed by atoms with van der Waals surface area (Å²) < 4.78 is 27.6. The minimum atomic E-state index is -3.81. The van der Waals surface area contributed by atoms with E-state index in [1.54, 1.807) is 24.3 Å². The Labute approximate surface area is 137 Å². The fourth-order valence-corrected chi connectivity index (χ4v) is 3.75. The van der Waals surface area contributed by atoms with Crippen LogP contribution in [0.25, 0.3) is 0 Å². The molecule has 0 aliphatic carbocycles. The van der Waals surface area contributed by atoms with E-state index in [-0.39, 0.29) is 5.92 Å². The van der Waals surface area contributed by atoms with Crippen LogP contribution in [0, 0.1) is 5.92 Å². The van der Waals surface area contributed by atoms with Crippen molar-refractivity contribution >= 4 is 27.5 Å². The van der Waals surface area contributed by atoms with Crippen molar-refractivity contribution in [3.8, 4) is 0 Å². The zero-order valence-electron chi connectivity index (χ0n) is 13.5. The smallest absolute Gasteiger partial charge is 0.241 e. The summed E-state index contributed by atoms with van der Waals surface area (Å²) in [5, 5.41) is -0.665. The van der Waals surface area contributed by atoms with E-state index in [4.69, 9.17) is 11.6 Å². The van der Waals surface area contributed by atoms with E-state index < -0.39 is 27.2 Å². The van der Waals surface area contributed by atoms with Crippen LogP contribution in [0.1, 0.15) is 32.4 Å². The molecule has 0 aliphatic rings. The van der Waals surface area contributed by atoms with Crippen LogP contribution < -0.4 is 4.72 Å². The molecule has 0 bridgehead atoms. The summed E-state index contributed by atoms with van der Waals surface area (Å²) in [7, 11) is -0.753. The summed E-state index contributed by atoms with van der Waals surface area (Å²) >= 11 is 6.17. The van der Waals surface area contributed by atoms with E-state index in [0.717, 1.165) is 0 Å². The van der Waals surface area contributed by atoms with Crippen molar-refractivity contribution in [2.75, 3.05) is 14.1 Å². The summed E-state index contributed by atoms with van der Waals surface area (Å²) in [6.07, 6.45) is 0. The Hall–Kier alpha value is -1.11. The highest BCUT2D eigenvalue weighted by Crippen LogP contribution is 2.29. The van der Waals surface area contributed by atoms with Gasteiger partial charge in [0.25, 0.3) is 0 Å². The van der Waals surface area contributed by atoms with Gasteiger partial charge in [-0.15, -0.1) is 0 Å². The lowest BCUT2D eigenvalue weighted by atomic mass is 9.97. The van der Waals surface area contributed by atoms with E-state index in [0.29, 0.717) is 10.6 Å². The van der Waals surface area contributed by atoms with Crippen LogP contribution in [0.2, 0.25) is 5.02 Å². The highest BCUT2D eigenvalue weighted by Gasteiger charge is 2.33. The van der Waals surface area contributed by atoms with Crippen molar-refractivity contribution in [1.82, 2.24) is 9.62 Å². The van der Waals surface area contributed by atoms with Crippen LogP contribution in [0.3, 0.4) is 0 Å². The Morgan fingerprint density at radius 3 is 2.18 bits per heavy atom. The monoisotopic (exact) mass is 346 g/mol. The SMILES string of the molecule is CC(C)C(NS(=O)(=O)C(C)C(=O)N(C)C)c1ccccc1Cl. The van der Waals surface area contributed by atoms with E-state index in [9.17, 15) is 13.2 Å². The zero-order chi connectivity index (χ0) is 17.1. The first-order valence-electron chi connectivity index (χ1n) is 7.04. The molecule has 1 N–H and O–H groups in total. The third-order valence-corrected chi connectivity index (χ3v) is 5.51. The molecule has 5 nitrogen and oxygen atoms in total. The number of nitrogens with zero attached hydrogens (tertiary/aromatic N) is 1. The van der Waals surface area contributed by atoms with Gasteiger partial charge in [0.1, 0.15) is 0 Å². The highest BCUT2D eigenvalue weighted by molar-refractivity contribution is 7.90. The largest absolute Gasteiger partial charge is 0.348 e. The number of hydrogen-bond acceptors (Lipinski definition) is 3. The Morgan fingerprint density at radius 1 is 1.18 bits per heavy atom. The number of benzene rings is 1. The molecular formula is C15H23ClN2O3S. The van der Waals surface area contributed by atoms with Gasteiger partial charge in [-0.05, 0) is 24.5 Å². The summed E-state index contributed by atoms with van der Waals surface area (Å²) in [6, 6.07) is 6.61. The summed E-state index contributed by atoms with van der Waals surface area (Å²) in [4.78, 5) is 13.2. The molecule has 0 saturated carbocycles. The molecule has 2 atom stereocenters. The number of nitrogens with one attached hydrogen (secondary N) is 1. The second-order valence-corrected chi connectivity index (χ2v) is 8.22. The minimum absolute atomic E-state index is 0.0173. The second kappa shape index (κ2) is 7.44. The molecule has 0 radical (unpaired) electrons. The highest BCUT2D eigenvalue weighted by atomic mass is 35.5. The lowest BCUT2D eigenvalue weighted by molar-refractivity contribution is -0.127. The standard InChI is InChI=1S/C15H23ClN2O3S/c1-10(2)14(12-8-6-7-9-13(12)16)17-22(20,21)11(3)15(19)18(4)5/h6-11,14,17H,1-5H3. The fourth-order valence-electron chi connectivity index (χ4n) is 2.06. The lowest BCUT2D eigenvalue weighted by Crippen LogP contribution is -2.45. The van der Waals surface area contributed by atoms with Crippen LogP contribution >= 0.6 is 11.6 Å². The maximum absolute atomic E-state index is 12.5. The average molecular weight is 347 g/mol. The topological polar surface area (TPSA) is 66.5 Å². The van der Waals surface area contributed by atoms with Gasteiger partial charge in [-0.25, -0.2) is 13.1 Å². The van der Waals surface area contributed by atoms with Crippen LogP contribution in [0.4, 0.5) is 0 Å². The number of sulfonamides is 1. The molecule has 7 heteroatoms. The molecule has 1 rings (SSSR count). The van der Waals surface area contributed by atoms with Gasteiger partial charge >= 0.3 is 0 Å². The molecule has 0 aromatic heterocycles. The quantitative estimate of drug-likeness (QED) is 0.860. The first-order valence-corrected chi connectivity index (χ1v) is 8.97. The number of carbonyl (C=O) groups excluding carboxylic acids is 1. The summed E-state index contributed by atoms with van der Waals surface area (Å²) in [6.45, 7) is 5.18. The molecule has 2 unspecified atom stereocenters. The molecular weight excluding hydrogens is 324 g/mol. The number of halogens is 1. The molecule has 1 amide bonds. The predicted octanol–water partition coefficient (Wildman–Crippen LogP) is 2.43. The van der Waals surface area contributed by atoms with Gasteiger partial charge in [0.2, 0.25) is 15.9 Å². The van der Waals surface area contributed by atoms with Crippen molar-refractivity contribution in [2.45, 2.75) is 32.1 Å². The molecule has 0 fully saturated rings. The van der Waals surface area contributed by atoms with Gasteiger partial charge in [-0.1, -0.05) is 43.6 Å². The van der Waals surface area contributed by atoms with Gasteiger partial charge < -0.3 is 4.90 Å². The molecule has 0 aliphatic heterocycles. The Morgan fingerprint density at radius 2 is 1.73 bits per heavy atom. The number of carbonyl (C=O) groups is 1. The Balaban J connectivity index is 3.11. The molecule has 124 valence electrons. The van der Waals surface area contributed by atoms with Gasteiger partial charge in [0.15, 0.2) is 5.25 Å². The Kier molecular flexibility index (Phi) is 6.40. The minimum Gasteiger partial charge on any atom is -0.348 e. The predicted molar refractivity (Wildman–Crippen MR) is 89.2 cm³/mol. The molecule has 1 aromatic rings. The molecule has 0 heterocycles. The maximum atomic E-state index is 12.5. The normalized spacial score (nSPS) is 14.7. The first-order chi connectivity index (χ1) is 10.1. The lowest BCUT2D eigenvalue weighted by Gasteiger charge is -2.26. The van der Waals surface area contributed by atoms with Crippen molar-refractivity contribution in [3.05, 3.63) is 34.9 Å². The third-order valence-electron chi connectivity index (χ3n) is 3.45. The maximum Gasteiger partial charge on any atom is 0.241 e. The molecule has 22 heavy (non-hydrogen) atoms. The van der Waals surface area contributed by atoms with Crippen LogP contribution in [-0.4, -0.2) is 38.6 Å². The first kappa shape index (κ1) is 18.9. The zero-order valence-corrected chi connectivity index (χ0v) is 15.1. The average Bonchev–Trinajstić information content (AvgIpc) is 2.43. The molecule has 0 saturated heterocycles. The number of amides is 1. The fraction of sp³-hybridized carbons (Fsp3) is 0.533. The van der Waals surface area contributed by atoms with Crippen molar-refractivity contribution in [1.29, 1.82) is 0 Å². The van der Waals surface area contributed by atoms with Gasteiger partial charge in [-0.3, -0.25) is 4.79 Å². The van der Waals surface area contributed by atoms with Crippen molar-refractivity contribution < 1.29 is 13.2 Å². The van der Waals surface area contributed by atoms with Crippen LogP contribution in [0.5, 0.6) is 0 Å². The van der Waals surface area contributed by atoms with Crippen molar-refractivity contribution in [2.24, 2.45) is 5.92 Å². The number of rotatable bonds is 6. The van der Waals surface area contributed by atoms with Crippen LogP contribution in [0.15, 0.2) is 24.3 Å². The van der Waals surface area contributed by atoms with E-state index >= 15 is 0 Å². The van der Waals surface area contributed by atoms with E-state index in [1.165, 1.54) is 25.9 Å². The van der Waals surface area contributed by atoms with Crippen molar-refractivity contribution in [3.63, 3.8) is 0 Å². The van der Waals surface area contributed by atoms with Gasteiger partial charge in [0.05, 0.1) is 6.04 Å². The third kappa shape index (κ3) is 4.44. The molecule has 1 aromatic carbocycles. The number of hydrogen-bond donors (Lipinski definition) is 1. The van der Waals surface area contributed by atoms with E-state index in [2.05, 4.69) is 4.72 Å². The summed E-state index contributed by atoms with van der Waals surface area (Å²) in [5.74, 6) is -0.481.